The quantitative estimate of drug-likeness (QED) is 0.389. The van der Waals surface area contributed by atoms with Gasteiger partial charge in [-0.1, -0.05) is 24.3 Å². The second-order valence-corrected chi connectivity index (χ2v) is 6.16. The van der Waals surface area contributed by atoms with Crippen LogP contribution < -0.4 is 4.90 Å². The highest BCUT2D eigenvalue weighted by Crippen LogP contribution is 2.30. The fourth-order valence-electron chi connectivity index (χ4n) is 2.86. The second-order valence-electron chi connectivity index (χ2n) is 6.16. The van der Waals surface area contributed by atoms with Crippen molar-refractivity contribution in [1.82, 2.24) is 4.57 Å². The first-order chi connectivity index (χ1) is 12.9. The molecule has 0 fully saturated rings. The van der Waals surface area contributed by atoms with E-state index in [4.69, 9.17) is 4.74 Å². The third-order valence-corrected chi connectivity index (χ3v) is 4.27. The highest BCUT2D eigenvalue weighted by molar-refractivity contribution is 5.91. The molecule has 0 aliphatic carbocycles. The molecule has 0 saturated carbocycles. The van der Waals surface area contributed by atoms with Gasteiger partial charge in [0.25, 0.3) is 5.69 Å². The van der Waals surface area contributed by atoms with E-state index >= 15 is 0 Å². The Morgan fingerprint density at radius 3 is 2.33 bits per heavy atom. The van der Waals surface area contributed by atoms with E-state index in [0.717, 1.165) is 16.8 Å². The number of aromatic nitrogens is 1. The van der Waals surface area contributed by atoms with Gasteiger partial charge in [-0.25, -0.2) is 4.79 Å². The van der Waals surface area contributed by atoms with Gasteiger partial charge >= 0.3 is 5.97 Å². The van der Waals surface area contributed by atoms with E-state index in [1.54, 1.807) is 30.5 Å². The number of hydrogen-bond acceptors (Lipinski definition) is 5. The average molecular weight is 365 g/mol. The van der Waals surface area contributed by atoms with Gasteiger partial charge in [0.2, 0.25) is 0 Å². The van der Waals surface area contributed by atoms with Crippen molar-refractivity contribution in [1.29, 1.82) is 0 Å². The van der Waals surface area contributed by atoms with Gasteiger partial charge in [0, 0.05) is 37.6 Å². The van der Waals surface area contributed by atoms with E-state index in [9.17, 15) is 14.9 Å². The first kappa shape index (κ1) is 18.2. The molecule has 0 amide bonds. The predicted octanol–water partition coefficient (Wildman–Crippen LogP) is 3.91. The smallest absolute Gasteiger partial charge is 0.355 e. The summed E-state index contributed by atoms with van der Waals surface area (Å²) in [5.41, 5.74) is 3.14. The highest BCUT2D eigenvalue weighted by Gasteiger charge is 2.21. The van der Waals surface area contributed by atoms with E-state index in [0.29, 0.717) is 5.69 Å². The van der Waals surface area contributed by atoms with Gasteiger partial charge in [-0.15, -0.1) is 0 Å². The summed E-state index contributed by atoms with van der Waals surface area (Å²) in [6.45, 7) is 0. The van der Waals surface area contributed by atoms with Crippen molar-refractivity contribution < 1.29 is 14.5 Å². The van der Waals surface area contributed by atoms with Crippen LogP contribution in [0.5, 0.6) is 0 Å². The molecule has 1 heterocycles. The van der Waals surface area contributed by atoms with Gasteiger partial charge in [-0.3, -0.25) is 10.1 Å². The molecule has 7 nitrogen and oxygen atoms in total. The summed E-state index contributed by atoms with van der Waals surface area (Å²) in [5, 5.41) is 11.4. The van der Waals surface area contributed by atoms with Crippen LogP contribution in [0.15, 0.2) is 60.8 Å². The van der Waals surface area contributed by atoms with Crippen LogP contribution in [0.1, 0.15) is 10.5 Å². The summed E-state index contributed by atoms with van der Waals surface area (Å²) >= 11 is 0. The van der Waals surface area contributed by atoms with Gasteiger partial charge in [0.15, 0.2) is 0 Å². The van der Waals surface area contributed by atoms with Gasteiger partial charge in [0.1, 0.15) is 11.4 Å². The second kappa shape index (κ2) is 7.33. The largest absolute Gasteiger partial charge is 0.464 e. The summed E-state index contributed by atoms with van der Waals surface area (Å²) < 4.78 is 6.36. The van der Waals surface area contributed by atoms with E-state index in [2.05, 4.69) is 0 Å². The minimum atomic E-state index is -0.565. The molecule has 0 atom stereocenters. The van der Waals surface area contributed by atoms with E-state index in [-0.39, 0.29) is 11.4 Å². The Bertz CT molecular complexity index is 991. The number of carbonyl (C=O) groups excluding carboxylic acids is 1. The van der Waals surface area contributed by atoms with Crippen molar-refractivity contribution in [3.8, 4) is 16.8 Å². The molecule has 3 aromatic rings. The predicted molar refractivity (Wildman–Crippen MR) is 104 cm³/mol. The van der Waals surface area contributed by atoms with Crippen molar-refractivity contribution in [2.24, 2.45) is 0 Å². The Kier molecular flexibility index (Phi) is 4.94. The van der Waals surface area contributed by atoms with E-state index in [1.165, 1.54) is 17.7 Å². The van der Waals surface area contributed by atoms with Gasteiger partial charge in [-0.05, 0) is 29.8 Å². The number of esters is 1. The molecule has 0 aliphatic heterocycles. The fraction of sp³-hybridized carbons (Fsp3) is 0.150. The molecule has 2 aromatic carbocycles. The number of carbonyl (C=O) groups is 1. The maximum Gasteiger partial charge on any atom is 0.355 e. The molecule has 7 heteroatoms. The molecular weight excluding hydrogens is 346 g/mol. The summed E-state index contributed by atoms with van der Waals surface area (Å²) in [4.78, 5) is 25.2. The average Bonchev–Trinajstić information content (AvgIpc) is 3.12. The van der Waals surface area contributed by atoms with Crippen LogP contribution in [0.4, 0.5) is 11.4 Å². The minimum absolute atomic E-state index is 0.0900. The molecular formula is C20H19N3O4. The normalized spacial score (nSPS) is 10.5. The lowest BCUT2D eigenvalue weighted by molar-refractivity contribution is -0.384. The molecule has 27 heavy (non-hydrogen) atoms. The Hall–Kier alpha value is -3.61. The molecule has 138 valence electrons. The number of hydrogen-bond donors (Lipinski definition) is 0. The Labute approximate surface area is 156 Å². The zero-order valence-electron chi connectivity index (χ0n) is 15.2. The zero-order chi connectivity index (χ0) is 19.6. The third-order valence-electron chi connectivity index (χ3n) is 4.27. The van der Waals surface area contributed by atoms with Crippen molar-refractivity contribution in [3.05, 3.63) is 76.6 Å². The van der Waals surface area contributed by atoms with Gasteiger partial charge in [0.05, 0.1) is 12.0 Å². The molecule has 0 spiro atoms. The van der Waals surface area contributed by atoms with Crippen LogP contribution >= 0.6 is 0 Å². The van der Waals surface area contributed by atoms with E-state index < -0.39 is 10.9 Å². The van der Waals surface area contributed by atoms with Crippen molar-refractivity contribution >= 4 is 17.3 Å². The lowest BCUT2D eigenvalue weighted by Crippen LogP contribution is -2.09. The fourth-order valence-corrected chi connectivity index (χ4v) is 2.86. The van der Waals surface area contributed by atoms with Crippen LogP contribution in [0.2, 0.25) is 0 Å². The molecule has 0 aliphatic rings. The van der Waals surface area contributed by atoms with Crippen molar-refractivity contribution in [3.63, 3.8) is 0 Å². The number of para-hydroxylation sites is 2. The maximum absolute atomic E-state index is 12.3. The van der Waals surface area contributed by atoms with Crippen LogP contribution in [0.25, 0.3) is 16.8 Å². The number of nitro groups is 1. The molecule has 1 aromatic heterocycles. The van der Waals surface area contributed by atoms with Crippen molar-refractivity contribution in [2.75, 3.05) is 26.1 Å². The number of methoxy groups -OCH3 is 1. The molecule has 0 unspecified atom stereocenters. The standard InChI is InChI=1S/C20H19N3O4/c1-21(2)16-10-8-14(9-11-16)15-12-19(20(24)27-3)22(13-15)17-6-4-5-7-18(17)23(25)26/h4-13H,1-3H3. The maximum atomic E-state index is 12.3. The zero-order valence-corrected chi connectivity index (χ0v) is 15.2. The summed E-state index contributed by atoms with van der Waals surface area (Å²) in [5.74, 6) is -0.565. The molecule has 3 rings (SSSR count). The Morgan fingerprint density at radius 2 is 1.74 bits per heavy atom. The topological polar surface area (TPSA) is 77.6 Å². The summed E-state index contributed by atoms with van der Waals surface area (Å²) in [6, 6.07) is 15.8. The lowest BCUT2D eigenvalue weighted by atomic mass is 10.1. The number of nitro benzene ring substituents is 1. The van der Waals surface area contributed by atoms with E-state index in [1.807, 2.05) is 43.3 Å². The van der Waals surface area contributed by atoms with Crippen LogP contribution in [0.3, 0.4) is 0 Å². The SMILES string of the molecule is COC(=O)c1cc(-c2ccc(N(C)C)cc2)cn1-c1ccccc1[N+](=O)[O-]. The number of benzene rings is 2. The van der Waals surface area contributed by atoms with Crippen LogP contribution in [0, 0.1) is 10.1 Å². The Morgan fingerprint density at radius 1 is 1.07 bits per heavy atom. The van der Waals surface area contributed by atoms with Crippen molar-refractivity contribution in [2.45, 2.75) is 0 Å². The van der Waals surface area contributed by atoms with Crippen LogP contribution in [-0.4, -0.2) is 36.7 Å². The lowest BCUT2D eigenvalue weighted by Gasteiger charge is -2.12. The molecule has 0 N–H and O–H groups in total. The summed E-state index contributed by atoms with van der Waals surface area (Å²) in [6.07, 6.45) is 1.71. The Balaban J connectivity index is 2.15. The number of nitrogens with zero attached hydrogens (tertiary/aromatic N) is 3. The monoisotopic (exact) mass is 365 g/mol. The molecule has 0 radical (unpaired) electrons. The summed E-state index contributed by atoms with van der Waals surface area (Å²) in [7, 11) is 5.19. The molecule has 0 bridgehead atoms. The number of anilines is 1. The number of rotatable bonds is 5. The number of ether oxygens (including phenoxy) is 1. The highest BCUT2D eigenvalue weighted by atomic mass is 16.6. The molecule has 0 saturated heterocycles. The minimum Gasteiger partial charge on any atom is -0.464 e. The van der Waals surface area contributed by atoms with Gasteiger partial charge in [-0.2, -0.15) is 0 Å². The first-order valence-electron chi connectivity index (χ1n) is 8.24. The van der Waals surface area contributed by atoms with Gasteiger partial charge < -0.3 is 14.2 Å². The third kappa shape index (κ3) is 3.52. The van der Waals surface area contributed by atoms with Crippen LogP contribution in [-0.2, 0) is 4.74 Å². The first-order valence-corrected chi connectivity index (χ1v) is 8.24.